The quantitative estimate of drug-likeness (QED) is 0.816. The Morgan fingerprint density at radius 2 is 2.12 bits per heavy atom. The molecule has 2 rings (SSSR count). The van der Waals surface area contributed by atoms with Crippen LogP contribution in [0.5, 0.6) is 0 Å². The summed E-state index contributed by atoms with van der Waals surface area (Å²) in [6, 6.07) is 2.31. The van der Waals surface area contributed by atoms with Crippen molar-refractivity contribution in [2.75, 3.05) is 5.73 Å². The van der Waals surface area contributed by atoms with E-state index in [1.165, 1.54) is 12.4 Å². The fourth-order valence-electron chi connectivity index (χ4n) is 1.11. The first-order valence-corrected chi connectivity index (χ1v) is 5.16. The van der Waals surface area contributed by atoms with Gasteiger partial charge in [-0.1, -0.05) is 0 Å². The van der Waals surface area contributed by atoms with E-state index in [1.54, 1.807) is 11.6 Å². The molecule has 1 aromatic heterocycles. The molecule has 1 heterocycles. The van der Waals surface area contributed by atoms with E-state index in [4.69, 9.17) is 5.73 Å². The third-order valence-corrected chi connectivity index (χ3v) is 3.11. The Morgan fingerprint density at radius 3 is 2.75 bits per heavy atom. The highest BCUT2D eigenvalue weighted by atomic mass is 32.2. The van der Waals surface area contributed by atoms with E-state index < -0.39 is 11.6 Å². The van der Waals surface area contributed by atoms with Crippen molar-refractivity contribution in [3.8, 4) is 0 Å². The number of rotatable bonds is 2. The summed E-state index contributed by atoms with van der Waals surface area (Å²) in [5, 5.41) is 7.83. The minimum atomic E-state index is -0.965. The highest BCUT2D eigenvalue weighted by molar-refractivity contribution is 7.99. The van der Waals surface area contributed by atoms with Crippen molar-refractivity contribution in [2.45, 2.75) is 10.1 Å². The number of nitrogen functional groups attached to an aromatic ring is 1. The van der Waals surface area contributed by atoms with Crippen molar-refractivity contribution in [1.29, 1.82) is 0 Å². The Bertz CT molecular complexity index is 526. The van der Waals surface area contributed by atoms with Gasteiger partial charge in [-0.25, -0.2) is 8.78 Å². The molecule has 84 valence electrons. The van der Waals surface area contributed by atoms with E-state index in [2.05, 4.69) is 10.2 Å². The normalized spacial score (nSPS) is 10.7. The van der Waals surface area contributed by atoms with Crippen LogP contribution in [0.25, 0.3) is 0 Å². The third-order valence-electron chi connectivity index (χ3n) is 1.94. The summed E-state index contributed by atoms with van der Waals surface area (Å²) in [5.41, 5.74) is 5.75. The first kappa shape index (κ1) is 10.9. The smallest absolute Gasteiger partial charge is 0.195 e. The zero-order valence-corrected chi connectivity index (χ0v) is 9.13. The molecular formula is C9H8F2N4S. The maximum absolute atomic E-state index is 13.5. The van der Waals surface area contributed by atoms with Gasteiger partial charge in [0.2, 0.25) is 0 Å². The van der Waals surface area contributed by atoms with E-state index >= 15 is 0 Å². The second kappa shape index (κ2) is 4.09. The average molecular weight is 242 g/mol. The molecule has 0 fully saturated rings. The number of benzene rings is 1. The van der Waals surface area contributed by atoms with Crippen molar-refractivity contribution >= 4 is 17.4 Å². The number of aromatic nitrogens is 3. The lowest BCUT2D eigenvalue weighted by atomic mass is 10.3. The number of halogens is 2. The summed E-state index contributed by atoms with van der Waals surface area (Å²) in [6.07, 6.45) is 1.47. The Kier molecular flexibility index (Phi) is 2.78. The van der Waals surface area contributed by atoms with E-state index in [-0.39, 0.29) is 10.6 Å². The van der Waals surface area contributed by atoms with Gasteiger partial charge in [0.25, 0.3) is 0 Å². The topological polar surface area (TPSA) is 56.7 Å². The molecule has 2 N–H and O–H groups in total. The SMILES string of the molecule is Cn1cnnc1Sc1c(N)ccc(F)c1F. The molecule has 0 unspecified atom stereocenters. The number of anilines is 1. The number of hydrogen-bond acceptors (Lipinski definition) is 4. The molecule has 0 saturated carbocycles. The standard InChI is InChI=1S/C9H8F2N4S/c1-15-4-13-14-9(15)16-8-6(12)3-2-5(10)7(8)11/h2-4H,12H2,1H3. The van der Waals surface area contributed by atoms with Gasteiger partial charge in [-0.15, -0.1) is 10.2 Å². The van der Waals surface area contributed by atoms with Crippen molar-refractivity contribution in [1.82, 2.24) is 14.8 Å². The molecule has 1 aromatic carbocycles. The van der Waals surface area contributed by atoms with E-state index in [0.717, 1.165) is 17.8 Å². The lowest BCUT2D eigenvalue weighted by Gasteiger charge is -2.06. The fraction of sp³-hybridized carbons (Fsp3) is 0.111. The van der Waals surface area contributed by atoms with Crippen LogP contribution in [0.4, 0.5) is 14.5 Å². The molecule has 0 atom stereocenters. The monoisotopic (exact) mass is 242 g/mol. The van der Waals surface area contributed by atoms with Crippen molar-refractivity contribution in [3.63, 3.8) is 0 Å². The average Bonchev–Trinajstić information content (AvgIpc) is 2.65. The summed E-state index contributed by atoms with van der Waals surface area (Å²) in [7, 11) is 1.70. The maximum atomic E-state index is 13.5. The van der Waals surface area contributed by atoms with Gasteiger partial charge >= 0.3 is 0 Å². The van der Waals surface area contributed by atoms with Crippen LogP contribution in [0, 0.1) is 11.6 Å². The first-order valence-electron chi connectivity index (χ1n) is 4.35. The molecule has 0 aliphatic carbocycles. The van der Waals surface area contributed by atoms with Crippen LogP contribution in [0.2, 0.25) is 0 Å². The highest BCUT2D eigenvalue weighted by Gasteiger charge is 2.15. The fourth-order valence-corrected chi connectivity index (χ4v) is 1.94. The van der Waals surface area contributed by atoms with Crippen LogP contribution < -0.4 is 5.73 Å². The van der Waals surface area contributed by atoms with Crippen LogP contribution in [-0.2, 0) is 7.05 Å². The molecule has 16 heavy (non-hydrogen) atoms. The lowest BCUT2D eigenvalue weighted by Crippen LogP contribution is -1.97. The van der Waals surface area contributed by atoms with Crippen molar-refractivity contribution in [2.24, 2.45) is 7.05 Å². The molecule has 0 bridgehead atoms. The number of hydrogen-bond donors (Lipinski definition) is 1. The Balaban J connectivity index is 2.42. The molecule has 0 amide bonds. The Hall–Kier alpha value is -1.63. The summed E-state index contributed by atoms with van der Waals surface area (Å²) in [4.78, 5) is 0.0242. The predicted molar refractivity (Wildman–Crippen MR) is 55.9 cm³/mol. The summed E-state index contributed by atoms with van der Waals surface area (Å²) in [6.45, 7) is 0. The molecule has 0 spiro atoms. The van der Waals surface area contributed by atoms with Gasteiger partial charge in [0.1, 0.15) is 6.33 Å². The van der Waals surface area contributed by atoms with E-state index in [0.29, 0.717) is 5.16 Å². The Labute approximate surface area is 94.5 Å². The first-order chi connectivity index (χ1) is 7.59. The summed E-state index contributed by atoms with van der Waals surface area (Å²) >= 11 is 0.938. The number of nitrogens with two attached hydrogens (primary N) is 1. The van der Waals surface area contributed by atoms with Crippen LogP contribution in [-0.4, -0.2) is 14.8 Å². The number of nitrogens with zero attached hydrogens (tertiary/aromatic N) is 3. The van der Waals surface area contributed by atoms with Gasteiger partial charge in [-0.3, -0.25) is 0 Å². The van der Waals surface area contributed by atoms with Crippen LogP contribution in [0.15, 0.2) is 28.5 Å². The second-order valence-electron chi connectivity index (χ2n) is 3.11. The molecule has 0 saturated heterocycles. The van der Waals surface area contributed by atoms with Gasteiger partial charge in [-0.05, 0) is 23.9 Å². The molecule has 2 aromatic rings. The van der Waals surface area contributed by atoms with Gasteiger partial charge < -0.3 is 10.3 Å². The molecule has 0 aliphatic rings. The van der Waals surface area contributed by atoms with Gasteiger partial charge in [0.15, 0.2) is 16.8 Å². The highest BCUT2D eigenvalue weighted by Crippen LogP contribution is 2.33. The minimum Gasteiger partial charge on any atom is -0.398 e. The molecule has 4 nitrogen and oxygen atoms in total. The van der Waals surface area contributed by atoms with Crippen LogP contribution >= 0.6 is 11.8 Å². The third kappa shape index (κ3) is 1.85. The van der Waals surface area contributed by atoms with Gasteiger partial charge in [-0.2, -0.15) is 0 Å². The van der Waals surface area contributed by atoms with Crippen LogP contribution in [0.1, 0.15) is 0 Å². The second-order valence-corrected chi connectivity index (χ2v) is 4.08. The van der Waals surface area contributed by atoms with Crippen molar-refractivity contribution in [3.05, 3.63) is 30.1 Å². The summed E-state index contributed by atoms with van der Waals surface area (Å²) in [5.74, 6) is -1.90. The molecule has 0 radical (unpaired) electrons. The van der Waals surface area contributed by atoms with E-state index in [9.17, 15) is 8.78 Å². The molecule has 0 aliphatic heterocycles. The van der Waals surface area contributed by atoms with Crippen molar-refractivity contribution < 1.29 is 8.78 Å². The molecular weight excluding hydrogens is 234 g/mol. The largest absolute Gasteiger partial charge is 0.398 e. The zero-order chi connectivity index (χ0) is 11.7. The zero-order valence-electron chi connectivity index (χ0n) is 8.32. The number of aryl methyl sites for hydroxylation is 1. The van der Waals surface area contributed by atoms with Crippen LogP contribution in [0.3, 0.4) is 0 Å². The lowest BCUT2D eigenvalue weighted by molar-refractivity contribution is 0.492. The minimum absolute atomic E-state index is 0.0242. The van der Waals surface area contributed by atoms with Gasteiger partial charge in [0.05, 0.1) is 4.90 Å². The maximum Gasteiger partial charge on any atom is 0.195 e. The predicted octanol–water partition coefficient (Wildman–Crippen LogP) is 1.83. The van der Waals surface area contributed by atoms with Gasteiger partial charge in [0, 0.05) is 12.7 Å². The summed E-state index contributed by atoms with van der Waals surface area (Å²) < 4.78 is 28.0. The van der Waals surface area contributed by atoms with E-state index in [1.807, 2.05) is 0 Å². The molecule has 7 heteroatoms. The Morgan fingerprint density at radius 1 is 1.38 bits per heavy atom.